The van der Waals surface area contributed by atoms with Crippen molar-refractivity contribution >= 4 is 5.91 Å². The minimum atomic E-state index is -0.109. The van der Waals surface area contributed by atoms with Crippen molar-refractivity contribution in [3.8, 4) is 0 Å². The van der Waals surface area contributed by atoms with Gasteiger partial charge >= 0.3 is 0 Å². The van der Waals surface area contributed by atoms with Crippen LogP contribution in [0.1, 0.15) is 30.3 Å². The molecule has 1 aromatic heterocycles. The number of nitrogens with one attached hydrogen (secondary N) is 1. The normalized spacial score (nSPS) is 17.8. The third kappa shape index (κ3) is 2.16. The van der Waals surface area contributed by atoms with E-state index >= 15 is 0 Å². The summed E-state index contributed by atoms with van der Waals surface area (Å²) in [6.07, 6.45) is 4.15. The third-order valence-corrected chi connectivity index (χ3v) is 2.76. The van der Waals surface area contributed by atoms with E-state index in [9.17, 15) is 4.79 Å². The van der Waals surface area contributed by atoms with Crippen LogP contribution in [-0.2, 0) is 0 Å². The Balaban J connectivity index is 1.77. The van der Waals surface area contributed by atoms with Crippen LogP contribution in [0.15, 0.2) is 22.8 Å². The highest BCUT2D eigenvalue weighted by atomic mass is 16.3. The van der Waals surface area contributed by atoms with Crippen molar-refractivity contribution in [3.63, 3.8) is 0 Å². The molecule has 0 bridgehead atoms. The third-order valence-electron chi connectivity index (χ3n) is 2.76. The van der Waals surface area contributed by atoms with Crippen LogP contribution in [0, 0.1) is 11.8 Å². The van der Waals surface area contributed by atoms with E-state index in [-0.39, 0.29) is 5.91 Å². The van der Waals surface area contributed by atoms with Crippen molar-refractivity contribution in [3.05, 3.63) is 24.2 Å². The molecule has 0 aliphatic heterocycles. The molecule has 1 aliphatic carbocycles. The van der Waals surface area contributed by atoms with Crippen LogP contribution in [0.4, 0.5) is 0 Å². The zero-order valence-corrected chi connectivity index (χ0v) is 8.32. The van der Waals surface area contributed by atoms with Crippen LogP contribution >= 0.6 is 0 Å². The second-order valence-electron chi connectivity index (χ2n) is 4.00. The summed E-state index contributed by atoms with van der Waals surface area (Å²) in [5.41, 5.74) is 0. The molecule has 1 fully saturated rings. The lowest BCUT2D eigenvalue weighted by Gasteiger charge is -2.09. The van der Waals surface area contributed by atoms with E-state index in [4.69, 9.17) is 4.42 Å². The summed E-state index contributed by atoms with van der Waals surface area (Å²) in [4.78, 5) is 11.4. The minimum Gasteiger partial charge on any atom is -0.459 e. The summed E-state index contributed by atoms with van der Waals surface area (Å²) < 4.78 is 4.99. The number of hydrogen-bond donors (Lipinski definition) is 1. The van der Waals surface area contributed by atoms with Gasteiger partial charge in [0.15, 0.2) is 5.76 Å². The SMILES string of the molecule is CC(CNC(=O)c1ccco1)C1CC1. The average molecular weight is 193 g/mol. The highest BCUT2D eigenvalue weighted by Crippen LogP contribution is 2.36. The van der Waals surface area contributed by atoms with Gasteiger partial charge in [0.1, 0.15) is 0 Å². The fraction of sp³-hybridized carbons (Fsp3) is 0.545. The van der Waals surface area contributed by atoms with Crippen molar-refractivity contribution in [2.75, 3.05) is 6.54 Å². The molecule has 1 atom stereocenters. The van der Waals surface area contributed by atoms with Crippen LogP contribution in [0.5, 0.6) is 0 Å². The molecule has 0 spiro atoms. The molecular formula is C11H15NO2. The lowest BCUT2D eigenvalue weighted by Crippen LogP contribution is -2.28. The molecular weight excluding hydrogens is 178 g/mol. The fourth-order valence-electron chi connectivity index (χ4n) is 1.58. The maximum absolute atomic E-state index is 11.4. The van der Waals surface area contributed by atoms with Crippen molar-refractivity contribution in [2.24, 2.45) is 11.8 Å². The molecule has 1 N–H and O–H groups in total. The van der Waals surface area contributed by atoms with Crippen LogP contribution in [0.25, 0.3) is 0 Å². The van der Waals surface area contributed by atoms with E-state index in [1.165, 1.54) is 19.1 Å². The standard InChI is InChI=1S/C11H15NO2/c1-8(9-4-5-9)7-12-11(13)10-3-2-6-14-10/h2-3,6,8-9H,4-5,7H2,1H3,(H,12,13). The van der Waals surface area contributed by atoms with Gasteiger partial charge in [-0.3, -0.25) is 4.79 Å². The maximum Gasteiger partial charge on any atom is 0.286 e. The van der Waals surface area contributed by atoms with Crippen LogP contribution in [0.2, 0.25) is 0 Å². The molecule has 0 saturated heterocycles. The van der Waals surface area contributed by atoms with Gasteiger partial charge in [0.05, 0.1) is 6.26 Å². The van der Waals surface area contributed by atoms with Gasteiger partial charge in [-0.15, -0.1) is 0 Å². The van der Waals surface area contributed by atoms with E-state index in [1.54, 1.807) is 12.1 Å². The second kappa shape index (κ2) is 3.86. The minimum absolute atomic E-state index is 0.109. The van der Waals surface area contributed by atoms with Crippen LogP contribution in [0.3, 0.4) is 0 Å². The second-order valence-corrected chi connectivity index (χ2v) is 4.00. The van der Waals surface area contributed by atoms with E-state index in [2.05, 4.69) is 12.2 Å². The highest BCUT2D eigenvalue weighted by molar-refractivity contribution is 5.91. The molecule has 1 amide bonds. The molecule has 2 rings (SSSR count). The quantitative estimate of drug-likeness (QED) is 0.795. The molecule has 1 aliphatic rings. The Morgan fingerprint density at radius 3 is 3.07 bits per heavy atom. The number of hydrogen-bond acceptors (Lipinski definition) is 2. The predicted octanol–water partition coefficient (Wildman–Crippen LogP) is 2.06. The zero-order chi connectivity index (χ0) is 9.97. The summed E-state index contributed by atoms with van der Waals surface area (Å²) in [5, 5.41) is 2.87. The van der Waals surface area contributed by atoms with Gasteiger partial charge in [0, 0.05) is 6.54 Å². The molecule has 3 heteroatoms. The predicted molar refractivity (Wildman–Crippen MR) is 52.9 cm³/mol. The van der Waals surface area contributed by atoms with Crippen molar-refractivity contribution in [1.29, 1.82) is 0 Å². The number of carbonyl (C=O) groups excluding carboxylic acids is 1. The Morgan fingerprint density at radius 2 is 2.50 bits per heavy atom. The summed E-state index contributed by atoms with van der Waals surface area (Å²) in [5.74, 6) is 1.70. The molecule has 0 radical (unpaired) electrons. The number of amides is 1. The number of rotatable bonds is 4. The van der Waals surface area contributed by atoms with E-state index in [0.717, 1.165) is 12.5 Å². The molecule has 76 valence electrons. The first-order chi connectivity index (χ1) is 6.77. The topological polar surface area (TPSA) is 42.2 Å². The van der Waals surface area contributed by atoms with Gasteiger partial charge in [0.2, 0.25) is 0 Å². The summed E-state index contributed by atoms with van der Waals surface area (Å²) in [7, 11) is 0. The monoisotopic (exact) mass is 193 g/mol. The van der Waals surface area contributed by atoms with Gasteiger partial charge in [-0.05, 0) is 36.8 Å². The fourth-order valence-corrected chi connectivity index (χ4v) is 1.58. The summed E-state index contributed by atoms with van der Waals surface area (Å²) in [6.45, 7) is 2.93. The molecule has 1 saturated carbocycles. The molecule has 1 heterocycles. The average Bonchev–Trinajstić information content (AvgIpc) is 2.90. The van der Waals surface area contributed by atoms with Crippen molar-refractivity contribution in [1.82, 2.24) is 5.32 Å². The van der Waals surface area contributed by atoms with Gasteiger partial charge in [-0.2, -0.15) is 0 Å². The molecule has 1 aromatic rings. The largest absolute Gasteiger partial charge is 0.459 e. The first-order valence-electron chi connectivity index (χ1n) is 5.09. The lowest BCUT2D eigenvalue weighted by molar-refractivity contribution is 0.0919. The maximum atomic E-state index is 11.4. The van der Waals surface area contributed by atoms with Crippen LogP contribution < -0.4 is 5.32 Å². The zero-order valence-electron chi connectivity index (χ0n) is 8.32. The first-order valence-corrected chi connectivity index (χ1v) is 5.09. The van der Waals surface area contributed by atoms with E-state index in [0.29, 0.717) is 11.7 Å². The van der Waals surface area contributed by atoms with Gasteiger partial charge in [-0.25, -0.2) is 0 Å². The molecule has 3 nitrogen and oxygen atoms in total. The van der Waals surface area contributed by atoms with Gasteiger partial charge in [-0.1, -0.05) is 6.92 Å². The number of furan rings is 1. The van der Waals surface area contributed by atoms with Crippen molar-refractivity contribution in [2.45, 2.75) is 19.8 Å². The Kier molecular flexibility index (Phi) is 2.57. The summed E-state index contributed by atoms with van der Waals surface area (Å²) >= 11 is 0. The Morgan fingerprint density at radius 1 is 1.71 bits per heavy atom. The van der Waals surface area contributed by atoms with Crippen molar-refractivity contribution < 1.29 is 9.21 Å². The highest BCUT2D eigenvalue weighted by Gasteiger charge is 2.27. The molecule has 14 heavy (non-hydrogen) atoms. The molecule has 1 unspecified atom stereocenters. The van der Waals surface area contributed by atoms with Gasteiger partial charge < -0.3 is 9.73 Å². The van der Waals surface area contributed by atoms with Crippen LogP contribution in [-0.4, -0.2) is 12.5 Å². The Bertz CT molecular complexity index is 301. The Hall–Kier alpha value is -1.25. The van der Waals surface area contributed by atoms with E-state index in [1.807, 2.05) is 0 Å². The van der Waals surface area contributed by atoms with E-state index < -0.39 is 0 Å². The summed E-state index contributed by atoms with van der Waals surface area (Å²) in [6, 6.07) is 3.40. The van der Waals surface area contributed by atoms with Gasteiger partial charge in [0.25, 0.3) is 5.91 Å². The first kappa shape index (κ1) is 9.31. The number of carbonyl (C=O) groups is 1. The lowest BCUT2D eigenvalue weighted by atomic mass is 10.1. The Labute approximate surface area is 83.5 Å². The smallest absolute Gasteiger partial charge is 0.286 e. The molecule has 0 aromatic carbocycles.